The average molecular weight is 344 g/mol. The first-order valence-corrected chi connectivity index (χ1v) is 8.81. The van der Waals surface area contributed by atoms with Crippen LogP contribution < -0.4 is 5.56 Å². The molecule has 25 heavy (non-hydrogen) atoms. The zero-order valence-electron chi connectivity index (χ0n) is 14.9. The Bertz CT molecular complexity index is 803. The van der Waals surface area contributed by atoms with E-state index in [1.165, 1.54) is 6.07 Å². The SMILES string of the molecule is CCC(C)C(=O)N1CCC(c2n[nH]c(=O)cc2-c2cc(C)no2)CC1. The summed E-state index contributed by atoms with van der Waals surface area (Å²) in [6.45, 7) is 7.27. The molecule has 1 amide bonds. The number of amides is 1. The lowest BCUT2D eigenvalue weighted by atomic mass is 9.89. The molecule has 2 aromatic heterocycles. The minimum absolute atomic E-state index is 0.0653. The fourth-order valence-electron chi connectivity index (χ4n) is 3.27. The first kappa shape index (κ1) is 17.4. The van der Waals surface area contributed by atoms with Crippen LogP contribution in [-0.2, 0) is 4.79 Å². The quantitative estimate of drug-likeness (QED) is 0.920. The molecule has 0 saturated carbocycles. The van der Waals surface area contributed by atoms with Crippen LogP contribution in [0.3, 0.4) is 0 Å². The molecule has 0 aliphatic carbocycles. The van der Waals surface area contributed by atoms with Crippen LogP contribution in [0, 0.1) is 12.8 Å². The van der Waals surface area contributed by atoms with E-state index >= 15 is 0 Å². The van der Waals surface area contributed by atoms with Crippen molar-refractivity contribution in [3.05, 3.63) is 33.9 Å². The molecule has 1 fully saturated rings. The number of hydrogen-bond acceptors (Lipinski definition) is 5. The third kappa shape index (κ3) is 3.65. The van der Waals surface area contributed by atoms with Crippen molar-refractivity contribution in [2.24, 2.45) is 5.92 Å². The smallest absolute Gasteiger partial charge is 0.264 e. The Morgan fingerprint density at radius 2 is 2.12 bits per heavy atom. The van der Waals surface area contributed by atoms with Crippen LogP contribution in [-0.4, -0.2) is 39.3 Å². The molecule has 1 saturated heterocycles. The lowest BCUT2D eigenvalue weighted by Crippen LogP contribution is -2.40. The van der Waals surface area contributed by atoms with Gasteiger partial charge >= 0.3 is 0 Å². The summed E-state index contributed by atoms with van der Waals surface area (Å²) >= 11 is 0. The Hall–Kier alpha value is -2.44. The van der Waals surface area contributed by atoms with Gasteiger partial charge in [-0.2, -0.15) is 5.10 Å². The summed E-state index contributed by atoms with van der Waals surface area (Å²) in [4.78, 5) is 26.0. The number of H-pyrrole nitrogens is 1. The van der Waals surface area contributed by atoms with E-state index in [1.54, 1.807) is 0 Å². The van der Waals surface area contributed by atoms with Gasteiger partial charge in [0, 0.05) is 42.6 Å². The Balaban J connectivity index is 1.80. The molecule has 1 unspecified atom stereocenters. The molecule has 7 nitrogen and oxygen atoms in total. The third-order valence-corrected chi connectivity index (χ3v) is 4.96. The van der Waals surface area contributed by atoms with Crippen LogP contribution in [0.5, 0.6) is 0 Å². The summed E-state index contributed by atoms with van der Waals surface area (Å²) in [5.74, 6) is 1.03. The van der Waals surface area contributed by atoms with E-state index in [0.717, 1.165) is 30.7 Å². The van der Waals surface area contributed by atoms with Crippen LogP contribution >= 0.6 is 0 Å². The van der Waals surface area contributed by atoms with Crippen molar-refractivity contribution < 1.29 is 9.32 Å². The molecule has 3 rings (SSSR count). The summed E-state index contributed by atoms with van der Waals surface area (Å²) in [7, 11) is 0. The summed E-state index contributed by atoms with van der Waals surface area (Å²) in [6.07, 6.45) is 2.50. The maximum Gasteiger partial charge on any atom is 0.264 e. The summed E-state index contributed by atoms with van der Waals surface area (Å²) in [6, 6.07) is 3.32. The van der Waals surface area contributed by atoms with Crippen molar-refractivity contribution in [2.75, 3.05) is 13.1 Å². The number of carbonyl (C=O) groups excluding carboxylic acids is 1. The van der Waals surface area contributed by atoms with Crippen molar-refractivity contribution in [3.8, 4) is 11.3 Å². The molecule has 3 heterocycles. The van der Waals surface area contributed by atoms with Gasteiger partial charge in [0.05, 0.1) is 11.4 Å². The number of likely N-dealkylation sites (tertiary alicyclic amines) is 1. The van der Waals surface area contributed by atoms with Crippen LogP contribution in [0.25, 0.3) is 11.3 Å². The van der Waals surface area contributed by atoms with E-state index in [1.807, 2.05) is 31.7 Å². The molecular formula is C18H24N4O3. The zero-order valence-corrected chi connectivity index (χ0v) is 14.9. The number of nitrogens with zero attached hydrogens (tertiary/aromatic N) is 3. The Morgan fingerprint density at radius 3 is 2.72 bits per heavy atom. The van der Waals surface area contributed by atoms with E-state index in [-0.39, 0.29) is 23.3 Å². The maximum absolute atomic E-state index is 12.3. The molecule has 1 N–H and O–H groups in total. The number of aryl methyl sites for hydroxylation is 1. The predicted octanol–water partition coefficient (Wildman–Crippen LogP) is 2.49. The van der Waals surface area contributed by atoms with Gasteiger partial charge < -0.3 is 9.42 Å². The van der Waals surface area contributed by atoms with E-state index in [2.05, 4.69) is 15.4 Å². The number of hydrogen-bond donors (Lipinski definition) is 1. The van der Waals surface area contributed by atoms with Crippen LogP contribution in [0.2, 0.25) is 0 Å². The molecule has 2 aromatic rings. The van der Waals surface area contributed by atoms with E-state index in [9.17, 15) is 9.59 Å². The van der Waals surface area contributed by atoms with Gasteiger partial charge in [-0.1, -0.05) is 19.0 Å². The van der Waals surface area contributed by atoms with Gasteiger partial charge in [0.1, 0.15) is 0 Å². The highest BCUT2D eigenvalue weighted by atomic mass is 16.5. The van der Waals surface area contributed by atoms with Crippen molar-refractivity contribution in [1.29, 1.82) is 0 Å². The first-order valence-electron chi connectivity index (χ1n) is 8.81. The fraction of sp³-hybridized carbons (Fsp3) is 0.556. The van der Waals surface area contributed by atoms with Crippen LogP contribution in [0.4, 0.5) is 0 Å². The van der Waals surface area contributed by atoms with E-state index in [4.69, 9.17) is 4.52 Å². The highest BCUT2D eigenvalue weighted by Gasteiger charge is 2.29. The van der Waals surface area contributed by atoms with Crippen molar-refractivity contribution in [2.45, 2.75) is 46.0 Å². The molecule has 0 bridgehead atoms. The van der Waals surface area contributed by atoms with Gasteiger partial charge in [0.15, 0.2) is 5.76 Å². The highest BCUT2D eigenvalue weighted by Crippen LogP contribution is 2.33. The average Bonchev–Trinajstić information content (AvgIpc) is 3.07. The number of aromatic amines is 1. The van der Waals surface area contributed by atoms with Crippen LogP contribution in [0.1, 0.15) is 50.4 Å². The highest BCUT2D eigenvalue weighted by molar-refractivity contribution is 5.78. The molecule has 7 heteroatoms. The van der Waals surface area contributed by atoms with Crippen LogP contribution in [0.15, 0.2) is 21.5 Å². The molecule has 0 radical (unpaired) electrons. The molecule has 1 aliphatic heterocycles. The second kappa shape index (κ2) is 7.21. The molecule has 0 spiro atoms. The van der Waals surface area contributed by atoms with Gasteiger partial charge in [-0.05, 0) is 26.2 Å². The minimum atomic E-state index is -0.266. The largest absolute Gasteiger partial charge is 0.356 e. The second-order valence-corrected chi connectivity index (χ2v) is 6.77. The summed E-state index contributed by atoms with van der Waals surface area (Å²) < 4.78 is 5.33. The number of nitrogens with one attached hydrogen (secondary N) is 1. The van der Waals surface area contributed by atoms with Crippen molar-refractivity contribution in [1.82, 2.24) is 20.3 Å². The first-order chi connectivity index (χ1) is 12.0. The number of rotatable bonds is 4. The molecule has 0 aromatic carbocycles. The van der Waals surface area contributed by atoms with Crippen molar-refractivity contribution in [3.63, 3.8) is 0 Å². The lowest BCUT2D eigenvalue weighted by molar-refractivity contribution is -0.136. The Kier molecular flexibility index (Phi) is 5.01. The van der Waals surface area contributed by atoms with Crippen molar-refractivity contribution >= 4 is 5.91 Å². The zero-order chi connectivity index (χ0) is 18.0. The standard InChI is InChI=1S/C18H24N4O3/c1-4-11(2)18(24)22-7-5-13(6-8-22)17-14(10-16(23)19-20-17)15-9-12(3)21-25-15/h9-11,13H,4-8H2,1-3H3,(H,19,23). The van der Waals surface area contributed by atoms with E-state index in [0.29, 0.717) is 24.4 Å². The predicted molar refractivity (Wildman–Crippen MR) is 93.1 cm³/mol. The summed E-state index contributed by atoms with van der Waals surface area (Å²) in [5.41, 5.74) is 2.00. The number of piperidine rings is 1. The Labute approximate surface area is 146 Å². The van der Waals surface area contributed by atoms with Gasteiger partial charge in [0.2, 0.25) is 5.91 Å². The lowest BCUT2D eigenvalue weighted by Gasteiger charge is -2.33. The molecule has 1 atom stereocenters. The molecule has 1 aliphatic rings. The summed E-state index contributed by atoms with van der Waals surface area (Å²) in [5, 5.41) is 10.7. The van der Waals surface area contributed by atoms with Gasteiger partial charge in [-0.15, -0.1) is 0 Å². The van der Waals surface area contributed by atoms with Gasteiger partial charge in [-0.3, -0.25) is 9.59 Å². The second-order valence-electron chi connectivity index (χ2n) is 6.77. The molecular weight excluding hydrogens is 320 g/mol. The fourth-order valence-corrected chi connectivity index (χ4v) is 3.27. The Morgan fingerprint density at radius 1 is 1.40 bits per heavy atom. The topological polar surface area (TPSA) is 92.1 Å². The van der Waals surface area contributed by atoms with Gasteiger partial charge in [0.25, 0.3) is 5.56 Å². The molecule has 134 valence electrons. The third-order valence-electron chi connectivity index (χ3n) is 4.96. The monoisotopic (exact) mass is 344 g/mol. The van der Waals surface area contributed by atoms with E-state index < -0.39 is 0 Å². The normalized spacial score (nSPS) is 16.8. The maximum atomic E-state index is 12.3. The number of carbonyl (C=O) groups is 1. The minimum Gasteiger partial charge on any atom is -0.356 e. The van der Waals surface area contributed by atoms with Gasteiger partial charge in [-0.25, -0.2) is 5.10 Å². The number of aromatic nitrogens is 3.